The number of aromatic nitrogens is 2. The lowest BCUT2D eigenvalue weighted by Gasteiger charge is -2.15. The molecule has 0 amide bonds. The molecule has 0 aromatic carbocycles. The van der Waals surface area contributed by atoms with Crippen molar-refractivity contribution in [3.8, 4) is 0 Å². The largest absolute Gasteiger partial charge is 0.383 e. The molecule has 106 valence electrons. The minimum absolute atomic E-state index is 0.102. The lowest BCUT2D eigenvalue weighted by Crippen LogP contribution is -2.35. The van der Waals surface area contributed by atoms with Crippen LogP contribution in [0.15, 0.2) is 9.59 Å². The van der Waals surface area contributed by atoms with Gasteiger partial charge in [-0.2, -0.15) is 0 Å². The van der Waals surface area contributed by atoms with Gasteiger partial charge in [-0.25, -0.2) is 4.79 Å². The van der Waals surface area contributed by atoms with Crippen molar-refractivity contribution < 1.29 is 4.74 Å². The summed E-state index contributed by atoms with van der Waals surface area (Å²) in [5, 5.41) is 3.00. The first-order chi connectivity index (χ1) is 9.13. The fourth-order valence-electron chi connectivity index (χ4n) is 2.23. The molecule has 19 heavy (non-hydrogen) atoms. The van der Waals surface area contributed by atoms with E-state index in [0.717, 1.165) is 25.9 Å². The Labute approximate surface area is 110 Å². The number of nitrogen functional groups attached to an aromatic ring is 1. The summed E-state index contributed by atoms with van der Waals surface area (Å²) in [4.78, 5) is 25.7. The van der Waals surface area contributed by atoms with Gasteiger partial charge in [0.2, 0.25) is 0 Å². The van der Waals surface area contributed by atoms with Gasteiger partial charge in [0.05, 0.1) is 6.10 Å². The summed E-state index contributed by atoms with van der Waals surface area (Å²) in [6, 6.07) is 0. The van der Waals surface area contributed by atoms with E-state index in [1.165, 1.54) is 4.57 Å². The average Bonchev–Trinajstić information content (AvgIpc) is 2.87. The number of ether oxygens (including phenoxy) is 1. The van der Waals surface area contributed by atoms with Gasteiger partial charge in [-0.1, -0.05) is 6.92 Å². The van der Waals surface area contributed by atoms with Crippen LogP contribution in [0.2, 0.25) is 0 Å². The van der Waals surface area contributed by atoms with Crippen molar-refractivity contribution >= 4 is 11.5 Å². The Balaban J connectivity index is 2.21. The molecular weight excluding hydrogens is 248 g/mol. The van der Waals surface area contributed by atoms with Gasteiger partial charge in [-0.05, 0) is 19.3 Å². The third-order valence-corrected chi connectivity index (χ3v) is 3.22. The molecule has 1 fully saturated rings. The first kappa shape index (κ1) is 13.7. The quantitative estimate of drug-likeness (QED) is 0.704. The van der Waals surface area contributed by atoms with Crippen molar-refractivity contribution in [1.29, 1.82) is 0 Å². The maximum absolute atomic E-state index is 11.8. The second-order valence-corrected chi connectivity index (χ2v) is 4.69. The number of nitrogens with zero attached hydrogens (tertiary/aromatic N) is 1. The molecule has 7 heteroatoms. The summed E-state index contributed by atoms with van der Waals surface area (Å²) in [6.07, 6.45) is 2.87. The molecule has 0 spiro atoms. The number of H-pyrrole nitrogens is 1. The van der Waals surface area contributed by atoms with E-state index >= 15 is 0 Å². The number of hydrogen-bond acceptors (Lipinski definition) is 5. The third kappa shape index (κ3) is 2.98. The van der Waals surface area contributed by atoms with Gasteiger partial charge in [-0.15, -0.1) is 0 Å². The van der Waals surface area contributed by atoms with Crippen LogP contribution in [0.3, 0.4) is 0 Å². The molecule has 0 radical (unpaired) electrons. The topological polar surface area (TPSA) is 102 Å². The normalized spacial score (nSPS) is 18.7. The molecule has 0 aliphatic carbocycles. The number of nitrogens with two attached hydrogens (primary N) is 1. The summed E-state index contributed by atoms with van der Waals surface area (Å²) in [5.74, 6) is 0.189. The van der Waals surface area contributed by atoms with Gasteiger partial charge >= 0.3 is 5.69 Å². The van der Waals surface area contributed by atoms with Crippen LogP contribution in [-0.2, 0) is 11.3 Å². The number of anilines is 2. The van der Waals surface area contributed by atoms with Crippen LogP contribution in [0.4, 0.5) is 11.5 Å². The molecule has 1 atom stereocenters. The van der Waals surface area contributed by atoms with E-state index in [1.54, 1.807) is 0 Å². The van der Waals surface area contributed by atoms with Gasteiger partial charge < -0.3 is 15.8 Å². The van der Waals surface area contributed by atoms with Crippen molar-refractivity contribution in [1.82, 2.24) is 9.55 Å². The molecule has 1 aliphatic heterocycles. The van der Waals surface area contributed by atoms with E-state index < -0.39 is 11.2 Å². The van der Waals surface area contributed by atoms with Crippen molar-refractivity contribution in [3.63, 3.8) is 0 Å². The molecule has 4 N–H and O–H groups in total. The predicted octanol–water partition coefficient (Wildman–Crippen LogP) is 0.120. The van der Waals surface area contributed by atoms with E-state index in [1.807, 2.05) is 6.92 Å². The summed E-state index contributed by atoms with van der Waals surface area (Å²) in [6.45, 7) is 3.71. The predicted molar refractivity (Wildman–Crippen MR) is 73.5 cm³/mol. The number of rotatable bonds is 5. The van der Waals surface area contributed by atoms with Crippen LogP contribution in [0, 0.1) is 0 Å². The molecule has 1 unspecified atom stereocenters. The fraction of sp³-hybridized carbons (Fsp3) is 0.667. The lowest BCUT2D eigenvalue weighted by atomic mass is 10.2. The number of hydrogen-bond donors (Lipinski definition) is 3. The molecule has 0 saturated carbocycles. The Morgan fingerprint density at radius 3 is 2.95 bits per heavy atom. The minimum Gasteiger partial charge on any atom is -0.383 e. The van der Waals surface area contributed by atoms with Gasteiger partial charge in [0.25, 0.3) is 5.56 Å². The van der Waals surface area contributed by atoms with E-state index in [9.17, 15) is 9.59 Å². The zero-order valence-electron chi connectivity index (χ0n) is 11.1. The van der Waals surface area contributed by atoms with E-state index in [4.69, 9.17) is 10.5 Å². The Hall–Kier alpha value is -1.76. The van der Waals surface area contributed by atoms with Crippen molar-refractivity contribution in [3.05, 3.63) is 20.8 Å². The van der Waals surface area contributed by atoms with Gasteiger partial charge in [-0.3, -0.25) is 14.3 Å². The molecule has 0 bridgehead atoms. The number of aromatic amines is 1. The van der Waals surface area contributed by atoms with Crippen LogP contribution >= 0.6 is 0 Å². The molecule has 1 aromatic rings. The highest BCUT2D eigenvalue weighted by atomic mass is 16.5. The van der Waals surface area contributed by atoms with Crippen LogP contribution in [-0.4, -0.2) is 28.8 Å². The molecular formula is C12H20N4O3. The number of nitrogens with one attached hydrogen (secondary N) is 2. The summed E-state index contributed by atoms with van der Waals surface area (Å²) in [5.41, 5.74) is 5.20. The summed E-state index contributed by atoms with van der Waals surface area (Å²) < 4.78 is 6.85. The second kappa shape index (κ2) is 5.92. The Kier molecular flexibility index (Phi) is 4.26. The lowest BCUT2D eigenvalue weighted by molar-refractivity contribution is 0.120. The Bertz CT molecular complexity index is 543. The highest BCUT2D eigenvalue weighted by molar-refractivity contribution is 5.60. The monoisotopic (exact) mass is 268 g/mol. The zero-order chi connectivity index (χ0) is 13.8. The molecule has 2 rings (SSSR count). The molecule has 1 saturated heterocycles. The highest BCUT2D eigenvalue weighted by Crippen LogP contribution is 2.15. The SMILES string of the molecule is CCCn1c(N)c(NCC2CCCO2)c(=O)[nH]c1=O. The van der Waals surface area contributed by atoms with E-state index in [0.29, 0.717) is 13.1 Å². The van der Waals surface area contributed by atoms with Gasteiger partial charge in [0.15, 0.2) is 0 Å². The molecule has 1 aromatic heterocycles. The van der Waals surface area contributed by atoms with Crippen LogP contribution in [0.1, 0.15) is 26.2 Å². The minimum atomic E-state index is -0.479. The van der Waals surface area contributed by atoms with E-state index in [-0.39, 0.29) is 17.6 Å². The summed E-state index contributed by atoms with van der Waals surface area (Å²) >= 11 is 0. The first-order valence-electron chi connectivity index (χ1n) is 6.61. The maximum Gasteiger partial charge on any atom is 0.330 e. The average molecular weight is 268 g/mol. The highest BCUT2D eigenvalue weighted by Gasteiger charge is 2.17. The standard InChI is InChI=1S/C12H20N4O3/c1-2-5-16-10(13)9(11(17)15-12(16)18)14-7-8-4-3-6-19-8/h8,14H,2-7,13H2,1H3,(H,15,17,18). The maximum atomic E-state index is 11.8. The molecule has 7 nitrogen and oxygen atoms in total. The van der Waals surface area contributed by atoms with Crippen LogP contribution in [0.25, 0.3) is 0 Å². The van der Waals surface area contributed by atoms with E-state index in [2.05, 4.69) is 10.3 Å². The van der Waals surface area contributed by atoms with Crippen LogP contribution < -0.4 is 22.3 Å². The van der Waals surface area contributed by atoms with Gasteiger partial charge in [0, 0.05) is 19.7 Å². The Morgan fingerprint density at radius 1 is 1.53 bits per heavy atom. The van der Waals surface area contributed by atoms with Crippen molar-refractivity contribution in [2.75, 3.05) is 24.2 Å². The molecule has 2 heterocycles. The van der Waals surface area contributed by atoms with Crippen molar-refractivity contribution in [2.45, 2.75) is 38.8 Å². The third-order valence-electron chi connectivity index (χ3n) is 3.22. The van der Waals surface area contributed by atoms with Crippen molar-refractivity contribution in [2.24, 2.45) is 0 Å². The zero-order valence-corrected chi connectivity index (χ0v) is 11.1. The summed E-state index contributed by atoms with van der Waals surface area (Å²) in [7, 11) is 0. The first-order valence-corrected chi connectivity index (χ1v) is 6.61. The van der Waals surface area contributed by atoms with Crippen LogP contribution in [0.5, 0.6) is 0 Å². The van der Waals surface area contributed by atoms with Gasteiger partial charge in [0.1, 0.15) is 11.5 Å². The molecule has 1 aliphatic rings. The smallest absolute Gasteiger partial charge is 0.330 e. The Morgan fingerprint density at radius 2 is 2.32 bits per heavy atom. The second-order valence-electron chi connectivity index (χ2n) is 4.69. The fourth-order valence-corrected chi connectivity index (χ4v) is 2.23.